The van der Waals surface area contributed by atoms with Crippen molar-refractivity contribution >= 4 is 7.12 Å². The van der Waals surface area contributed by atoms with Gasteiger partial charge in [-0.25, -0.2) is 0 Å². The van der Waals surface area contributed by atoms with E-state index in [-0.39, 0.29) is 23.7 Å². The highest BCUT2D eigenvalue weighted by atomic mass is 16.7. The molecule has 1 heterocycles. The summed E-state index contributed by atoms with van der Waals surface area (Å²) in [5, 5.41) is 0. The fourth-order valence-electron chi connectivity index (χ4n) is 1.42. The zero-order chi connectivity index (χ0) is 12.6. The van der Waals surface area contributed by atoms with E-state index in [4.69, 9.17) is 9.31 Å². The fraction of sp³-hybridized carbons (Fsp3) is 0.846. The van der Waals surface area contributed by atoms with Crippen molar-refractivity contribution in [3.05, 3.63) is 12.1 Å². The molecule has 1 rings (SSSR count). The van der Waals surface area contributed by atoms with Crippen molar-refractivity contribution in [1.29, 1.82) is 0 Å². The molecule has 0 spiro atoms. The fourth-order valence-corrected chi connectivity index (χ4v) is 1.42. The summed E-state index contributed by atoms with van der Waals surface area (Å²) >= 11 is 0. The Morgan fingerprint density at radius 1 is 1.06 bits per heavy atom. The first-order chi connectivity index (χ1) is 7.10. The van der Waals surface area contributed by atoms with Gasteiger partial charge in [0.15, 0.2) is 0 Å². The molecule has 1 fully saturated rings. The van der Waals surface area contributed by atoms with E-state index in [0.29, 0.717) is 0 Å². The van der Waals surface area contributed by atoms with Crippen molar-refractivity contribution in [1.82, 2.24) is 0 Å². The molecule has 0 radical (unpaired) electrons. The van der Waals surface area contributed by atoms with Gasteiger partial charge in [0.1, 0.15) is 0 Å². The average Bonchev–Trinajstić information content (AvgIpc) is 2.33. The molecular weight excluding hydrogens is 199 g/mol. The van der Waals surface area contributed by atoms with Crippen LogP contribution in [0.2, 0.25) is 0 Å². The van der Waals surface area contributed by atoms with Gasteiger partial charge in [-0.2, -0.15) is 0 Å². The SMILES string of the molecule is CCC(C)(C)/C=C/B1OC(C)(C)C(C)(C)O1. The molecule has 0 N–H and O–H groups in total. The molecule has 92 valence electrons. The summed E-state index contributed by atoms with van der Waals surface area (Å²) in [5.41, 5.74) is -0.264. The molecule has 1 saturated heterocycles. The normalized spacial score (nSPS) is 24.3. The van der Waals surface area contributed by atoms with Gasteiger partial charge in [-0.05, 0) is 39.5 Å². The molecular formula is C13H25BO2. The molecule has 0 bridgehead atoms. The van der Waals surface area contributed by atoms with Gasteiger partial charge in [-0.1, -0.05) is 32.8 Å². The quantitative estimate of drug-likeness (QED) is 0.681. The first-order valence-corrected chi connectivity index (χ1v) is 6.15. The third-order valence-electron chi connectivity index (χ3n) is 3.89. The van der Waals surface area contributed by atoms with Crippen molar-refractivity contribution in [2.45, 2.75) is 66.1 Å². The van der Waals surface area contributed by atoms with Crippen LogP contribution in [0, 0.1) is 5.41 Å². The van der Waals surface area contributed by atoms with Crippen molar-refractivity contribution in [3.63, 3.8) is 0 Å². The second kappa shape index (κ2) is 4.19. The summed E-state index contributed by atoms with van der Waals surface area (Å²) in [6.07, 6.45) is 3.30. The lowest BCUT2D eigenvalue weighted by Gasteiger charge is -2.32. The molecule has 0 amide bonds. The lowest BCUT2D eigenvalue weighted by atomic mass is 9.82. The zero-order valence-corrected chi connectivity index (χ0v) is 11.8. The summed E-state index contributed by atoms with van der Waals surface area (Å²) in [4.78, 5) is 0. The molecule has 0 aliphatic carbocycles. The Kier molecular flexibility index (Phi) is 3.61. The van der Waals surface area contributed by atoms with E-state index in [0.717, 1.165) is 6.42 Å². The summed E-state index contributed by atoms with van der Waals surface area (Å²) in [6.45, 7) is 14.9. The third kappa shape index (κ3) is 2.89. The lowest BCUT2D eigenvalue weighted by Crippen LogP contribution is -2.41. The van der Waals surface area contributed by atoms with Gasteiger partial charge in [-0.15, -0.1) is 0 Å². The Bertz CT molecular complexity index is 264. The van der Waals surface area contributed by atoms with Gasteiger partial charge in [-0.3, -0.25) is 0 Å². The van der Waals surface area contributed by atoms with Crippen LogP contribution in [-0.2, 0) is 9.31 Å². The van der Waals surface area contributed by atoms with Crippen LogP contribution in [0.5, 0.6) is 0 Å². The smallest absolute Gasteiger partial charge is 0.400 e. The number of hydrogen-bond donors (Lipinski definition) is 0. The molecule has 1 aliphatic rings. The Morgan fingerprint density at radius 2 is 1.50 bits per heavy atom. The monoisotopic (exact) mass is 224 g/mol. The van der Waals surface area contributed by atoms with Crippen molar-refractivity contribution in [2.75, 3.05) is 0 Å². The first-order valence-electron chi connectivity index (χ1n) is 6.15. The summed E-state index contributed by atoms with van der Waals surface area (Å²) in [6, 6.07) is 0. The summed E-state index contributed by atoms with van der Waals surface area (Å²) < 4.78 is 11.8. The van der Waals surface area contributed by atoms with Crippen molar-refractivity contribution in [2.24, 2.45) is 5.41 Å². The van der Waals surface area contributed by atoms with Crippen LogP contribution in [-0.4, -0.2) is 18.3 Å². The van der Waals surface area contributed by atoms with Crippen LogP contribution in [0.25, 0.3) is 0 Å². The van der Waals surface area contributed by atoms with Gasteiger partial charge in [0.25, 0.3) is 0 Å². The molecule has 2 nitrogen and oxygen atoms in total. The van der Waals surface area contributed by atoms with E-state index >= 15 is 0 Å². The molecule has 0 aromatic carbocycles. The molecule has 3 heteroatoms. The largest absolute Gasteiger partial charge is 0.486 e. The maximum Gasteiger partial charge on any atom is 0.486 e. The highest BCUT2D eigenvalue weighted by molar-refractivity contribution is 6.51. The van der Waals surface area contributed by atoms with Gasteiger partial charge >= 0.3 is 7.12 Å². The van der Waals surface area contributed by atoms with E-state index in [1.165, 1.54) is 0 Å². The molecule has 0 unspecified atom stereocenters. The Morgan fingerprint density at radius 3 is 1.88 bits per heavy atom. The molecule has 0 atom stereocenters. The minimum absolute atomic E-state index is 0.212. The lowest BCUT2D eigenvalue weighted by molar-refractivity contribution is 0.00578. The van der Waals surface area contributed by atoms with Crippen molar-refractivity contribution in [3.8, 4) is 0 Å². The molecule has 0 aromatic heterocycles. The van der Waals surface area contributed by atoms with Crippen molar-refractivity contribution < 1.29 is 9.31 Å². The maximum atomic E-state index is 5.89. The van der Waals surface area contributed by atoms with E-state index in [1.54, 1.807) is 0 Å². The minimum atomic E-state index is -0.238. The van der Waals surface area contributed by atoms with Gasteiger partial charge in [0.2, 0.25) is 0 Å². The Hall–Kier alpha value is -0.275. The van der Waals surface area contributed by atoms with E-state index < -0.39 is 0 Å². The number of rotatable bonds is 3. The first kappa shape index (κ1) is 13.8. The van der Waals surface area contributed by atoms with Crippen LogP contribution < -0.4 is 0 Å². The molecule has 0 saturated carbocycles. The predicted octanol–water partition coefficient (Wildman–Crippen LogP) is 3.61. The molecule has 16 heavy (non-hydrogen) atoms. The maximum absolute atomic E-state index is 5.89. The van der Waals surface area contributed by atoms with Crippen LogP contribution in [0.3, 0.4) is 0 Å². The molecule has 0 aromatic rings. The minimum Gasteiger partial charge on any atom is -0.400 e. The topological polar surface area (TPSA) is 18.5 Å². The highest BCUT2D eigenvalue weighted by Crippen LogP contribution is 2.37. The molecule has 1 aliphatic heterocycles. The number of hydrogen-bond acceptors (Lipinski definition) is 2. The Labute approximate surface area is 101 Å². The van der Waals surface area contributed by atoms with E-state index in [9.17, 15) is 0 Å². The second-order valence-electron chi connectivity index (χ2n) is 6.33. The van der Waals surface area contributed by atoms with Crippen LogP contribution in [0.1, 0.15) is 54.9 Å². The van der Waals surface area contributed by atoms with Crippen LogP contribution >= 0.6 is 0 Å². The summed E-state index contributed by atoms with van der Waals surface area (Å²) in [7, 11) is -0.212. The zero-order valence-electron chi connectivity index (χ0n) is 11.8. The highest BCUT2D eigenvalue weighted by Gasteiger charge is 2.50. The Balaban J connectivity index is 2.68. The average molecular weight is 224 g/mol. The van der Waals surface area contributed by atoms with Gasteiger partial charge < -0.3 is 9.31 Å². The van der Waals surface area contributed by atoms with Gasteiger partial charge in [0, 0.05) is 0 Å². The summed E-state index contributed by atoms with van der Waals surface area (Å²) in [5.74, 6) is 2.04. The van der Waals surface area contributed by atoms with Crippen LogP contribution in [0.4, 0.5) is 0 Å². The van der Waals surface area contributed by atoms with E-state index in [1.807, 2.05) is 5.98 Å². The second-order valence-corrected chi connectivity index (χ2v) is 6.33. The number of allylic oxidation sites excluding steroid dienone is 1. The predicted molar refractivity (Wildman–Crippen MR) is 69.3 cm³/mol. The van der Waals surface area contributed by atoms with Crippen LogP contribution in [0.15, 0.2) is 12.1 Å². The van der Waals surface area contributed by atoms with Gasteiger partial charge in [0.05, 0.1) is 11.2 Å². The standard InChI is InChI=1S/C13H25BO2/c1-8-11(2,3)9-10-14-15-12(4,5)13(6,7)16-14/h9-10H,8H2,1-7H3/b10-9+. The van der Waals surface area contributed by atoms with E-state index in [2.05, 4.69) is 54.5 Å². The third-order valence-corrected chi connectivity index (χ3v) is 3.89.